The lowest BCUT2D eigenvalue weighted by molar-refractivity contribution is 0.0735. The van der Waals surface area contributed by atoms with Crippen LogP contribution in [-0.2, 0) is 13.0 Å². The average molecular weight is 668 g/mol. The van der Waals surface area contributed by atoms with Gasteiger partial charge < -0.3 is 25.4 Å². The lowest BCUT2D eigenvalue weighted by Gasteiger charge is -2.26. The summed E-state index contributed by atoms with van der Waals surface area (Å²) in [5.41, 5.74) is 3.41. The Balaban J connectivity index is 1.32. The molecule has 0 spiro atoms. The molecule has 1 unspecified atom stereocenters. The van der Waals surface area contributed by atoms with E-state index in [0.29, 0.717) is 40.9 Å². The zero-order valence-corrected chi connectivity index (χ0v) is 27.5. The van der Waals surface area contributed by atoms with Gasteiger partial charge in [0.2, 0.25) is 0 Å². The molecule has 5 rings (SSSR count). The molecule has 2 amide bonds. The van der Waals surface area contributed by atoms with Crippen LogP contribution in [0.15, 0.2) is 72.1 Å². The largest absolute Gasteiger partial charge is 0.497 e. The van der Waals surface area contributed by atoms with Crippen molar-refractivity contribution in [2.24, 2.45) is 0 Å². The number of carbonyl (C=O) groups is 2. The van der Waals surface area contributed by atoms with E-state index in [2.05, 4.69) is 15.6 Å². The number of benzene rings is 3. The molecule has 0 aliphatic carbocycles. The molecule has 1 saturated heterocycles. The fourth-order valence-corrected chi connectivity index (χ4v) is 7.07. The summed E-state index contributed by atoms with van der Waals surface area (Å²) >= 11 is 13.8. The van der Waals surface area contributed by atoms with Gasteiger partial charge >= 0.3 is 0 Å². The maximum absolute atomic E-state index is 13.8. The quantitative estimate of drug-likeness (QED) is 0.166. The first-order chi connectivity index (χ1) is 21.7. The van der Waals surface area contributed by atoms with E-state index >= 15 is 0 Å². The minimum atomic E-state index is -0.928. The Morgan fingerprint density at radius 3 is 2.49 bits per heavy atom. The zero-order chi connectivity index (χ0) is 31.9. The number of aliphatic hydroxyl groups excluding tert-OH is 1. The molecule has 3 N–H and O–H groups in total. The van der Waals surface area contributed by atoms with Crippen molar-refractivity contribution in [1.82, 2.24) is 20.5 Å². The van der Waals surface area contributed by atoms with E-state index in [-0.39, 0.29) is 24.1 Å². The first kappa shape index (κ1) is 32.9. The summed E-state index contributed by atoms with van der Waals surface area (Å²) in [6.45, 7) is 3.20. The highest BCUT2D eigenvalue weighted by Crippen LogP contribution is 2.35. The summed E-state index contributed by atoms with van der Waals surface area (Å²) in [5, 5.41) is 21.5. The van der Waals surface area contributed by atoms with Crippen molar-refractivity contribution in [2.45, 2.75) is 50.9 Å². The number of nitrogens with zero attached hydrogens (tertiary/aromatic N) is 2. The summed E-state index contributed by atoms with van der Waals surface area (Å²) in [5.74, 6) is -0.198. The number of aliphatic hydroxyl groups is 1. The van der Waals surface area contributed by atoms with Gasteiger partial charge in [0.05, 0.1) is 25.3 Å². The highest BCUT2D eigenvalue weighted by molar-refractivity contribution is 7.09. The Bertz CT molecular complexity index is 1610. The van der Waals surface area contributed by atoms with Gasteiger partial charge in [-0.15, -0.1) is 11.3 Å². The number of likely N-dealkylation sites (tertiary alicyclic amines) is 1. The summed E-state index contributed by atoms with van der Waals surface area (Å²) < 4.78 is 5.49. The van der Waals surface area contributed by atoms with Crippen molar-refractivity contribution in [3.8, 4) is 5.75 Å². The summed E-state index contributed by atoms with van der Waals surface area (Å²) in [6.07, 6.45) is 1.19. The maximum Gasteiger partial charge on any atom is 0.254 e. The molecule has 45 heavy (non-hydrogen) atoms. The molecule has 236 valence electrons. The van der Waals surface area contributed by atoms with Crippen molar-refractivity contribution < 1.29 is 19.4 Å². The Hall–Kier alpha value is -3.47. The number of amides is 2. The maximum atomic E-state index is 13.8. The second kappa shape index (κ2) is 15.2. The predicted molar refractivity (Wildman–Crippen MR) is 178 cm³/mol. The van der Waals surface area contributed by atoms with Gasteiger partial charge in [0.25, 0.3) is 11.8 Å². The highest BCUT2D eigenvalue weighted by Gasteiger charge is 2.33. The van der Waals surface area contributed by atoms with Crippen LogP contribution < -0.4 is 15.4 Å². The van der Waals surface area contributed by atoms with E-state index in [4.69, 9.17) is 27.9 Å². The third kappa shape index (κ3) is 8.62. The number of hydrogen-bond acceptors (Lipinski definition) is 7. The lowest BCUT2D eigenvalue weighted by Crippen LogP contribution is -2.48. The third-order valence-electron chi connectivity index (χ3n) is 7.77. The second-order valence-electron chi connectivity index (χ2n) is 11.2. The Kier molecular flexibility index (Phi) is 11.1. The number of rotatable bonds is 12. The molecule has 1 aliphatic rings. The molecule has 0 saturated carbocycles. The van der Waals surface area contributed by atoms with Crippen LogP contribution in [-0.4, -0.2) is 59.1 Å². The van der Waals surface area contributed by atoms with Gasteiger partial charge in [-0.25, -0.2) is 4.98 Å². The molecular formula is C34H36Cl2N4O4S. The van der Waals surface area contributed by atoms with Gasteiger partial charge in [0, 0.05) is 51.9 Å². The number of carbonyl (C=O) groups excluding carboxylic acids is 2. The first-order valence-corrected chi connectivity index (χ1v) is 16.4. The first-order valence-electron chi connectivity index (χ1n) is 14.8. The van der Waals surface area contributed by atoms with Crippen LogP contribution >= 0.6 is 34.5 Å². The van der Waals surface area contributed by atoms with E-state index in [1.54, 1.807) is 47.7 Å². The number of methoxy groups -OCH3 is 1. The fraction of sp³-hybridized carbons (Fsp3) is 0.324. The molecule has 11 heteroatoms. The minimum absolute atomic E-state index is 0.0967. The van der Waals surface area contributed by atoms with Crippen LogP contribution in [0.5, 0.6) is 5.75 Å². The van der Waals surface area contributed by atoms with Crippen LogP contribution in [0.4, 0.5) is 0 Å². The Morgan fingerprint density at radius 2 is 1.80 bits per heavy atom. The molecule has 4 aromatic rings. The number of hydrogen-bond donors (Lipinski definition) is 3. The van der Waals surface area contributed by atoms with E-state index in [1.165, 1.54) is 7.11 Å². The van der Waals surface area contributed by atoms with Crippen LogP contribution in [0.25, 0.3) is 0 Å². The topological polar surface area (TPSA) is 104 Å². The van der Waals surface area contributed by atoms with Gasteiger partial charge in [-0.2, -0.15) is 0 Å². The van der Waals surface area contributed by atoms with E-state index in [9.17, 15) is 14.7 Å². The summed E-state index contributed by atoms with van der Waals surface area (Å²) in [7, 11) is 1.50. The molecule has 1 fully saturated rings. The lowest BCUT2D eigenvalue weighted by atomic mass is 10.00. The SMILES string of the molecule is COc1cc(C(=O)N[C@@H](Cc2ccccc2)[C@H](O)CNCc2cc(Cl)cc(Cl)c2)cc(C(=O)N2CCCC2c2nc(C)cs2)c1. The minimum Gasteiger partial charge on any atom is -0.497 e. The number of thiazole rings is 1. The van der Waals surface area contributed by atoms with E-state index in [1.807, 2.05) is 47.5 Å². The van der Waals surface area contributed by atoms with Crippen molar-refractivity contribution in [3.05, 3.63) is 115 Å². The number of halogens is 2. The van der Waals surface area contributed by atoms with Gasteiger partial charge in [0.15, 0.2) is 0 Å². The molecule has 2 heterocycles. The fourth-order valence-electron chi connectivity index (χ4n) is 5.55. The Labute approximate surface area is 277 Å². The van der Waals surface area contributed by atoms with Crippen LogP contribution in [0, 0.1) is 6.92 Å². The van der Waals surface area contributed by atoms with Gasteiger partial charge in [-0.3, -0.25) is 9.59 Å². The molecular weight excluding hydrogens is 631 g/mol. The number of aromatic nitrogens is 1. The normalized spacial score (nSPS) is 15.9. The molecule has 1 aliphatic heterocycles. The van der Waals surface area contributed by atoms with E-state index < -0.39 is 18.1 Å². The smallest absolute Gasteiger partial charge is 0.254 e. The monoisotopic (exact) mass is 666 g/mol. The van der Waals surface area contributed by atoms with Crippen LogP contribution in [0.3, 0.4) is 0 Å². The molecule has 3 atom stereocenters. The number of aryl methyl sites for hydroxylation is 1. The van der Waals surface area contributed by atoms with Gasteiger partial charge in [-0.05, 0) is 73.7 Å². The number of nitrogens with one attached hydrogen (secondary N) is 2. The third-order valence-corrected chi connectivity index (χ3v) is 9.27. The van der Waals surface area contributed by atoms with Crippen LogP contribution in [0.1, 0.15) is 61.4 Å². The summed E-state index contributed by atoms with van der Waals surface area (Å²) in [4.78, 5) is 33.9. The van der Waals surface area contributed by atoms with Gasteiger partial charge in [-0.1, -0.05) is 53.5 Å². The molecule has 0 radical (unpaired) electrons. The average Bonchev–Trinajstić information content (AvgIpc) is 3.69. The van der Waals surface area contributed by atoms with Gasteiger partial charge in [0.1, 0.15) is 10.8 Å². The van der Waals surface area contributed by atoms with E-state index in [0.717, 1.165) is 34.7 Å². The van der Waals surface area contributed by atoms with Crippen molar-refractivity contribution in [1.29, 1.82) is 0 Å². The molecule has 8 nitrogen and oxygen atoms in total. The zero-order valence-electron chi connectivity index (χ0n) is 25.1. The van der Waals surface area contributed by atoms with Crippen LogP contribution in [0.2, 0.25) is 10.0 Å². The Morgan fingerprint density at radius 1 is 1.07 bits per heavy atom. The standard InChI is InChI=1S/C34H36Cl2N4O4S/c1-21-20-45-33(38-21)30-9-6-10-40(30)34(43)25-14-24(15-28(16-25)44-2)32(42)39-29(13-22-7-4-3-5-8-22)31(41)19-37-18-23-11-26(35)17-27(36)12-23/h3-5,7-8,11-12,14-17,20,29-31,37,41H,6,9-10,13,18-19H2,1-2H3,(H,39,42)/t29-,30?,31+/m0/s1. The second-order valence-corrected chi connectivity index (χ2v) is 12.9. The predicted octanol–water partition coefficient (Wildman–Crippen LogP) is 6.24. The van der Waals surface area contributed by atoms with Crippen molar-refractivity contribution in [2.75, 3.05) is 20.2 Å². The van der Waals surface area contributed by atoms with Crippen molar-refractivity contribution >= 4 is 46.4 Å². The molecule has 3 aromatic carbocycles. The summed E-state index contributed by atoms with van der Waals surface area (Å²) in [6, 6.07) is 19.1. The molecule has 0 bridgehead atoms. The highest BCUT2D eigenvalue weighted by atomic mass is 35.5. The molecule has 1 aromatic heterocycles. The number of ether oxygens (including phenoxy) is 1. The van der Waals surface area contributed by atoms with Crippen molar-refractivity contribution in [3.63, 3.8) is 0 Å².